The summed E-state index contributed by atoms with van der Waals surface area (Å²) in [5, 5.41) is 0. The number of anilines is 2. The predicted molar refractivity (Wildman–Crippen MR) is 65.2 cm³/mol. The Morgan fingerprint density at radius 1 is 1.05 bits per heavy atom. The zero-order valence-electron chi connectivity index (χ0n) is 10.2. The minimum atomic E-state index is -1.83. The fourth-order valence-electron chi connectivity index (χ4n) is 2.44. The van der Waals surface area contributed by atoms with E-state index in [-0.39, 0.29) is 39.8 Å². The van der Waals surface area contributed by atoms with Crippen LogP contribution in [0.25, 0.3) is 11.3 Å². The third-order valence-electron chi connectivity index (χ3n) is 3.37. The molecule has 9 heteroatoms. The van der Waals surface area contributed by atoms with Gasteiger partial charge in [0, 0.05) is 5.56 Å². The molecule has 3 aliphatic rings. The molecule has 0 amide bonds. The highest BCUT2D eigenvalue weighted by Gasteiger charge is 2.44. The van der Waals surface area contributed by atoms with E-state index in [1.807, 2.05) is 0 Å². The zero-order chi connectivity index (χ0) is 14.9. The summed E-state index contributed by atoms with van der Waals surface area (Å²) in [6.07, 6.45) is -3.54. The molecule has 6 nitrogen and oxygen atoms in total. The number of rotatable bonds is 1. The van der Waals surface area contributed by atoms with Gasteiger partial charge in [-0.15, -0.1) is 0 Å². The molecule has 4 heterocycles. The molecular weight excluding hydrogens is 289 g/mol. The van der Waals surface area contributed by atoms with Gasteiger partial charge in [-0.2, -0.15) is 13.8 Å². The number of hydrogen-bond donors (Lipinski definition) is 2. The van der Waals surface area contributed by atoms with E-state index < -0.39 is 24.4 Å². The first-order valence-corrected chi connectivity index (χ1v) is 5.88. The Balaban J connectivity index is 1.99. The van der Waals surface area contributed by atoms with Gasteiger partial charge in [-0.05, 0) is 6.07 Å². The van der Waals surface area contributed by atoms with Gasteiger partial charge < -0.3 is 20.9 Å². The molecule has 0 aliphatic carbocycles. The molecule has 0 saturated carbocycles. The van der Waals surface area contributed by atoms with Crippen molar-refractivity contribution in [2.75, 3.05) is 11.5 Å². The number of fused-ring (bicyclic) bond motifs is 2. The van der Waals surface area contributed by atoms with Crippen LogP contribution in [0, 0.1) is 5.82 Å². The molecule has 0 saturated heterocycles. The van der Waals surface area contributed by atoms with Crippen LogP contribution in [0.5, 0.6) is 11.5 Å². The molecule has 2 atom stereocenters. The third-order valence-corrected chi connectivity index (χ3v) is 3.37. The summed E-state index contributed by atoms with van der Waals surface area (Å²) in [6, 6.07) is 1.25. The fraction of sp³-hybridized carbons (Fsp3) is 0.167. The number of alkyl halides is 2. The molecule has 0 fully saturated rings. The van der Waals surface area contributed by atoms with Gasteiger partial charge in [0.05, 0.1) is 11.1 Å². The summed E-state index contributed by atoms with van der Waals surface area (Å²) < 4.78 is 50.8. The summed E-state index contributed by atoms with van der Waals surface area (Å²) in [5.41, 5.74) is 10.7. The van der Waals surface area contributed by atoms with Crippen molar-refractivity contribution in [1.82, 2.24) is 9.97 Å². The molecule has 1 aromatic carbocycles. The van der Waals surface area contributed by atoms with E-state index in [0.29, 0.717) is 0 Å². The van der Waals surface area contributed by atoms with Crippen LogP contribution in [0.15, 0.2) is 6.07 Å². The number of nitrogens with two attached hydrogens (primary N) is 2. The largest absolute Gasteiger partial charge is 0.452 e. The summed E-state index contributed by atoms with van der Waals surface area (Å²) >= 11 is 0. The molecule has 0 radical (unpaired) electrons. The topological polar surface area (TPSA) is 96.3 Å². The van der Waals surface area contributed by atoms with Gasteiger partial charge in [0.15, 0.2) is 23.1 Å². The van der Waals surface area contributed by atoms with Crippen LogP contribution in [0.4, 0.5) is 24.9 Å². The van der Waals surface area contributed by atoms with Gasteiger partial charge >= 0.3 is 0 Å². The van der Waals surface area contributed by atoms with Crippen molar-refractivity contribution in [3.05, 3.63) is 23.0 Å². The lowest BCUT2D eigenvalue weighted by molar-refractivity contribution is -0.0207. The molecule has 2 bridgehead atoms. The predicted octanol–water partition coefficient (Wildman–Crippen LogP) is 2.17. The van der Waals surface area contributed by atoms with E-state index in [2.05, 4.69) is 9.97 Å². The van der Waals surface area contributed by atoms with Crippen LogP contribution in [0.3, 0.4) is 0 Å². The second kappa shape index (κ2) is 3.68. The van der Waals surface area contributed by atoms with Crippen LogP contribution >= 0.6 is 0 Å². The first kappa shape index (κ1) is 12.1. The molecule has 2 aromatic rings. The van der Waals surface area contributed by atoms with E-state index >= 15 is 0 Å². The van der Waals surface area contributed by atoms with Crippen LogP contribution < -0.4 is 20.9 Å². The maximum atomic E-state index is 14.1. The Bertz CT molecular complexity index is 799. The lowest BCUT2D eigenvalue weighted by Crippen LogP contribution is -2.26. The first-order valence-electron chi connectivity index (χ1n) is 5.88. The number of ether oxygens (including phenoxy) is 2. The van der Waals surface area contributed by atoms with Gasteiger partial charge in [0.2, 0.25) is 5.95 Å². The monoisotopic (exact) mass is 296 g/mol. The number of aromatic nitrogens is 2. The second-order valence-corrected chi connectivity index (χ2v) is 4.58. The van der Waals surface area contributed by atoms with Crippen molar-refractivity contribution >= 4 is 11.8 Å². The van der Waals surface area contributed by atoms with E-state index in [1.54, 1.807) is 0 Å². The van der Waals surface area contributed by atoms with Crippen molar-refractivity contribution in [1.29, 1.82) is 0 Å². The van der Waals surface area contributed by atoms with E-state index in [0.717, 1.165) is 0 Å². The molecule has 0 spiro atoms. The Hall–Kier alpha value is -2.71. The first-order chi connectivity index (χ1) is 9.97. The third kappa shape index (κ3) is 1.42. The maximum absolute atomic E-state index is 14.1. The van der Waals surface area contributed by atoms with Crippen molar-refractivity contribution in [3.63, 3.8) is 0 Å². The average molecular weight is 296 g/mol. The average Bonchev–Trinajstić information content (AvgIpc) is 2.42. The van der Waals surface area contributed by atoms with Gasteiger partial charge in [0.25, 0.3) is 12.7 Å². The second-order valence-electron chi connectivity index (χ2n) is 4.58. The SMILES string of the molecule is Nc1nc(N)c(F)c(-c2cc3c4c(c2OC3F)OC4F)n1. The Morgan fingerprint density at radius 2 is 1.76 bits per heavy atom. The van der Waals surface area contributed by atoms with E-state index in [1.165, 1.54) is 6.07 Å². The van der Waals surface area contributed by atoms with E-state index in [4.69, 9.17) is 20.9 Å². The minimum absolute atomic E-state index is 0.0408. The van der Waals surface area contributed by atoms with Gasteiger partial charge in [0.1, 0.15) is 5.69 Å². The molecule has 4 N–H and O–H groups in total. The van der Waals surface area contributed by atoms with Crippen molar-refractivity contribution in [2.45, 2.75) is 12.7 Å². The van der Waals surface area contributed by atoms with Gasteiger partial charge in [-0.25, -0.2) is 9.37 Å². The van der Waals surface area contributed by atoms with Gasteiger partial charge in [-0.3, -0.25) is 0 Å². The Labute approximate surface area is 115 Å². The summed E-state index contributed by atoms with van der Waals surface area (Å²) in [5.74, 6) is -1.71. The number of nitrogens with zero attached hydrogens (tertiary/aromatic N) is 2. The normalized spacial score (nSPS) is 21.3. The molecular formula is C12H7F3N4O2. The summed E-state index contributed by atoms with van der Waals surface area (Å²) in [4.78, 5) is 7.21. The van der Waals surface area contributed by atoms with E-state index in [9.17, 15) is 13.2 Å². The number of halogens is 3. The van der Waals surface area contributed by atoms with Crippen molar-refractivity contribution in [3.8, 4) is 22.8 Å². The standard InChI is InChI=1S/C12H7F3N4O2/c13-5-6(18-12(17)19-11(5)16)3-1-2-4-8(21-10(4)15)7(3)20-9(2)14/h1,9-10H,(H4,16,17,18,19). The van der Waals surface area contributed by atoms with Crippen LogP contribution in [-0.4, -0.2) is 9.97 Å². The highest BCUT2D eigenvalue weighted by molar-refractivity contribution is 5.79. The van der Waals surface area contributed by atoms with Crippen molar-refractivity contribution in [2.24, 2.45) is 0 Å². The van der Waals surface area contributed by atoms with Crippen LogP contribution in [0.2, 0.25) is 0 Å². The molecule has 1 aromatic heterocycles. The quantitative estimate of drug-likeness (QED) is 0.837. The number of benzene rings is 1. The maximum Gasteiger partial charge on any atom is 0.268 e. The van der Waals surface area contributed by atoms with Crippen LogP contribution in [-0.2, 0) is 0 Å². The van der Waals surface area contributed by atoms with Crippen LogP contribution in [0.1, 0.15) is 23.8 Å². The zero-order valence-corrected chi connectivity index (χ0v) is 10.2. The fourth-order valence-corrected chi connectivity index (χ4v) is 2.44. The molecule has 5 rings (SSSR count). The highest BCUT2D eigenvalue weighted by Crippen LogP contribution is 2.58. The molecule has 3 aliphatic heterocycles. The highest BCUT2D eigenvalue weighted by atomic mass is 19.2. The van der Waals surface area contributed by atoms with Crippen molar-refractivity contribution < 1.29 is 22.6 Å². The molecule has 21 heavy (non-hydrogen) atoms. The minimum Gasteiger partial charge on any atom is -0.452 e. The molecule has 108 valence electrons. The van der Waals surface area contributed by atoms with Gasteiger partial charge in [-0.1, -0.05) is 0 Å². The lowest BCUT2D eigenvalue weighted by Gasteiger charge is -2.36. The summed E-state index contributed by atoms with van der Waals surface area (Å²) in [7, 11) is 0. The lowest BCUT2D eigenvalue weighted by atomic mass is 9.93. The number of hydrogen-bond acceptors (Lipinski definition) is 6. The Kier molecular flexibility index (Phi) is 2.12. The number of nitrogen functional groups attached to an aromatic ring is 2. The summed E-state index contributed by atoms with van der Waals surface area (Å²) in [6.45, 7) is 0. The smallest absolute Gasteiger partial charge is 0.268 e. The molecule has 2 unspecified atom stereocenters. The Morgan fingerprint density at radius 3 is 2.48 bits per heavy atom.